The summed E-state index contributed by atoms with van der Waals surface area (Å²) >= 11 is 0. The van der Waals surface area contributed by atoms with Crippen molar-refractivity contribution < 1.29 is 28.6 Å². The van der Waals surface area contributed by atoms with E-state index in [2.05, 4.69) is 15.6 Å². The summed E-state index contributed by atoms with van der Waals surface area (Å²) in [4.78, 5) is 47.2. The number of aromatic nitrogens is 1. The lowest BCUT2D eigenvalue weighted by Gasteiger charge is -2.39. The Kier molecular flexibility index (Phi) is 8.87. The van der Waals surface area contributed by atoms with Crippen LogP contribution in [0.4, 0.5) is 5.82 Å². The second kappa shape index (κ2) is 12.9. The summed E-state index contributed by atoms with van der Waals surface area (Å²) < 4.78 is 18.1. The zero-order valence-electron chi connectivity index (χ0n) is 24.0. The minimum absolute atomic E-state index is 0.157. The molecule has 2 aliphatic rings. The third-order valence-electron chi connectivity index (χ3n) is 7.21. The fraction of sp³-hybridized carbons (Fsp3) is 0.355. The van der Waals surface area contributed by atoms with E-state index in [1.165, 1.54) is 4.90 Å². The topological polar surface area (TPSA) is 122 Å². The lowest BCUT2D eigenvalue weighted by molar-refractivity contribution is -0.124. The van der Waals surface area contributed by atoms with Gasteiger partial charge in [-0.25, -0.2) is 4.98 Å². The number of hydrogen-bond acceptors (Lipinski definition) is 8. The standard InChI is InChI=1S/C31H35N5O6/c1-4-40-24-13-22-14-25(16-24)42-23-7-5-6-20(12-23)19-41-27-9-11-36(31(39)21-8-10-33-28(15-21)32-2)17-26(27)34-29(37)18-35(3)30(22)38/h5-8,10,12-16,26-27H,4,9,11,17-19H2,1-3H3,(H,32,33)(H,34,37)/t26-,27+/m0/s1. The third kappa shape index (κ3) is 6.80. The van der Waals surface area contributed by atoms with Crippen LogP contribution in [0.3, 0.4) is 0 Å². The van der Waals surface area contributed by atoms with Gasteiger partial charge in [-0.05, 0) is 55.3 Å². The molecule has 0 radical (unpaired) electrons. The minimum Gasteiger partial charge on any atom is -0.494 e. The highest BCUT2D eigenvalue weighted by molar-refractivity contribution is 5.97. The van der Waals surface area contributed by atoms with Crippen molar-refractivity contribution in [1.29, 1.82) is 0 Å². The van der Waals surface area contributed by atoms with Gasteiger partial charge < -0.3 is 34.6 Å². The van der Waals surface area contributed by atoms with Gasteiger partial charge in [0.1, 0.15) is 23.1 Å². The average Bonchev–Trinajstić information content (AvgIpc) is 2.99. The van der Waals surface area contributed by atoms with Crippen LogP contribution in [-0.4, -0.2) is 85.0 Å². The molecule has 0 unspecified atom stereocenters. The molecule has 42 heavy (non-hydrogen) atoms. The van der Waals surface area contributed by atoms with Crippen molar-refractivity contribution in [2.45, 2.75) is 32.1 Å². The van der Waals surface area contributed by atoms with Gasteiger partial charge in [-0.15, -0.1) is 0 Å². The number of nitrogens with one attached hydrogen (secondary N) is 2. The first kappa shape index (κ1) is 28.9. The Hall–Kier alpha value is -4.64. The molecule has 0 aliphatic carbocycles. The predicted octanol–water partition coefficient (Wildman–Crippen LogP) is 3.32. The number of ether oxygens (including phenoxy) is 3. The maximum Gasteiger partial charge on any atom is 0.254 e. The number of rotatable bonds is 4. The van der Waals surface area contributed by atoms with Crippen LogP contribution in [0, 0.1) is 0 Å². The second-order valence-electron chi connectivity index (χ2n) is 10.3. The Morgan fingerprint density at radius 1 is 1.14 bits per heavy atom. The number of hydrogen-bond donors (Lipinski definition) is 2. The van der Waals surface area contributed by atoms with Gasteiger partial charge in [-0.1, -0.05) is 12.1 Å². The zero-order valence-corrected chi connectivity index (χ0v) is 24.0. The lowest BCUT2D eigenvalue weighted by Crippen LogP contribution is -2.58. The zero-order chi connectivity index (χ0) is 29.6. The first-order chi connectivity index (χ1) is 20.3. The molecule has 11 nitrogen and oxygen atoms in total. The van der Waals surface area contributed by atoms with Gasteiger partial charge in [0.15, 0.2) is 0 Å². The summed E-state index contributed by atoms with van der Waals surface area (Å²) in [5.41, 5.74) is 1.73. The monoisotopic (exact) mass is 573 g/mol. The molecular formula is C31H35N5O6. The Bertz CT molecular complexity index is 1460. The van der Waals surface area contributed by atoms with Crippen molar-refractivity contribution in [3.05, 3.63) is 77.5 Å². The van der Waals surface area contributed by atoms with Crippen LogP contribution in [0.1, 0.15) is 39.6 Å². The van der Waals surface area contributed by atoms with Crippen molar-refractivity contribution in [2.24, 2.45) is 0 Å². The van der Waals surface area contributed by atoms with Crippen LogP contribution in [0.2, 0.25) is 0 Å². The smallest absolute Gasteiger partial charge is 0.254 e. The fourth-order valence-electron chi connectivity index (χ4n) is 5.14. The van der Waals surface area contributed by atoms with E-state index in [1.54, 1.807) is 55.5 Å². The summed E-state index contributed by atoms with van der Waals surface area (Å²) in [5.74, 6) is 1.25. The second-order valence-corrected chi connectivity index (χ2v) is 10.3. The van der Waals surface area contributed by atoms with E-state index in [0.29, 0.717) is 60.4 Å². The Balaban J connectivity index is 1.41. The van der Waals surface area contributed by atoms with Gasteiger partial charge in [-0.2, -0.15) is 0 Å². The van der Waals surface area contributed by atoms with Crippen LogP contribution in [0.25, 0.3) is 0 Å². The highest BCUT2D eigenvalue weighted by Crippen LogP contribution is 2.29. The highest BCUT2D eigenvalue weighted by atomic mass is 16.5. The number of pyridine rings is 1. The molecule has 3 amide bonds. The molecule has 11 heteroatoms. The molecule has 2 aliphatic heterocycles. The fourth-order valence-corrected chi connectivity index (χ4v) is 5.14. The maximum atomic E-state index is 13.4. The Labute approximate surface area is 244 Å². The van der Waals surface area contributed by atoms with Gasteiger partial charge >= 0.3 is 0 Å². The van der Waals surface area contributed by atoms with Gasteiger partial charge in [0, 0.05) is 50.6 Å². The number of benzene rings is 2. The predicted molar refractivity (Wildman–Crippen MR) is 156 cm³/mol. The number of fused-ring (bicyclic) bond motifs is 5. The number of carbonyl (C=O) groups is 3. The number of anilines is 1. The number of likely N-dealkylation sites (N-methyl/N-ethyl adjacent to an activating group) is 1. The van der Waals surface area contributed by atoms with E-state index in [9.17, 15) is 14.4 Å². The third-order valence-corrected chi connectivity index (χ3v) is 7.21. The minimum atomic E-state index is -0.482. The average molecular weight is 574 g/mol. The molecule has 1 aromatic heterocycles. The molecule has 0 saturated carbocycles. The molecule has 1 saturated heterocycles. The first-order valence-corrected chi connectivity index (χ1v) is 14.0. The first-order valence-electron chi connectivity index (χ1n) is 14.0. The Morgan fingerprint density at radius 3 is 2.81 bits per heavy atom. The highest BCUT2D eigenvalue weighted by Gasteiger charge is 2.34. The molecule has 4 bridgehead atoms. The molecule has 2 atom stereocenters. The van der Waals surface area contributed by atoms with Gasteiger partial charge in [0.25, 0.3) is 11.8 Å². The molecular weight excluding hydrogens is 538 g/mol. The van der Waals surface area contributed by atoms with Crippen molar-refractivity contribution >= 4 is 23.5 Å². The number of amides is 3. The van der Waals surface area contributed by atoms with Crippen LogP contribution < -0.4 is 20.1 Å². The molecule has 0 spiro atoms. The van der Waals surface area contributed by atoms with Crippen LogP contribution in [0.15, 0.2) is 60.8 Å². The van der Waals surface area contributed by atoms with Gasteiger partial charge in [0.05, 0.1) is 31.9 Å². The summed E-state index contributed by atoms with van der Waals surface area (Å²) in [6, 6.07) is 15.4. The molecule has 1 fully saturated rings. The number of likely N-dealkylation sites (tertiary alicyclic amines) is 1. The van der Waals surface area contributed by atoms with E-state index in [4.69, 9.17) is 14.2 Å². The van der Waals surface area contributed by atoms with Crippen LogP contribution in [-0.2, 0) is 16.1 Å². The Morgan fingerprint density at radius 2 is 2.00 bits per heavy atom. The van der Waals surface area contributed by atoms with Crippen molar-refractivity contribution in [3.63, 3.8) is 0 Å². The largest absolute Gasteiger partial charge is 0.494 e. The molecule has 3 heterocycles. The lowest BCUT2D eigenvalue weighted by atomic mass is 10.0. The summed E-state index contributed by atoms with van der Waals surface area (Å²) in [6.07, 6.45) is 1.76. The summed E-state index contributed by atoms with van der Waals surface area (Å²) in [5, 5.41) is 5.98. The molecule has 2 N–H and O–H groups in total. The normalized spacial score (nSPS) is 19.3. The number of nitrogens with zero attached hydrogens (tertiary/aromatic N) is 3. The van der Waals surface area contributed by atoms with Gasteiger partial charge in [-0.3, -0.25) is 14.4 Å². The van der Waals surface area contributed by atoms with Crippen molar-refractivity contribution in [2.75, 3.05) is 45.7 Å². The molecule has 2 aromatic carbocycles. The molecule has 3 aromatic rings. The maximum absolute atomic E-state index is 13.4. The van der Waals surface area contributed by atoms with E-state index in [-0.39, 0.29) is 36.9 Å². The summed E-state index contributed by atoms with van der Waals surface area (Å²) in [6.45, 7) is 3.11. The quantitative estimate of drug-likeness (QED) is 0.488. The number of carbonyl (C=O) groups excluding carboxylic acids is 3. The molecule has 5 rings (SSSR count). The van der Waals surface area contributed by atoms with E-state index in [0.717, 1.165) is 5.56 Å². The van der Waals surface area contributed by atoms with Crippen molar-refractivity contribution in [3.8, 4) is 17.2 Å². The van der Waals surface area contributed by atoms with E-state index >= 15 is 0 Å². The number of piperidine rings is 1. The van der Waals surface area contributed by atoms with Crippen LogP contribution >= 0.6 is 0 Å². The van der Waals surface area contributed by atoms with E-state index < -0.39 is 6.04 Å². The van der Waals surface area contributed by atoms with Crippen LogP contribution in [0.5, 0.6) is 17.2 Å². The van der Waals surface area contributed by atoms with E-state index in [1.807, 2.05) is 31.2 Å². The summed E-state index contributed by atoms with van der Waals surface area (Å²) in [7, 11) is 3.31. The van der Waals surface area contributed by atoms with Gasteiger partial charge in [0.2, 0.25) is 5.91 Å². The molecule has 220 valence electrons. The SMILES string of the molecule is CCOc1cc2cc(c1)C(=O)N(C)CC(=O)N[C@H]1CN(C(=O)c3ccnc(NC)c3)CC[C@H]1OCc1cccc(c1)O2. The van der Waals surface area contributed by atoms with Crippen molar-refractivity contribution in [1.82, 2.24) is 20.1 Å².